The van der Waals surface area contributed by atoms with Crippen molar-refractivity contribution in [3.8, 4) is 11.4 Å². The molecule has 0 aliphatic rings. The van der Waals surface area contributed by atoms with Gasteiger partial charge in [-0.05, 0) is 37.3 Å². The van der Waals surface area contributed by atoms with Gasteiger partial charge in [-0.25, -0.2) is 4.98 Å². The molecule has 29 heavy (non-hydrogen) atoms. The fraction of sp³-hybridized carbons (Fsp3) is 0.136. The van der Waals surface area contributed by atoms with Crippen LogP contribution >= 0.6 is 11.8 Å². The van der Waals surface area contributed by atoms with Crippen LogP contribution in [-0.4, -0.2) is 24.1 Å². The second-order valence-electron chi connectivity index (χ2n) is 6.83. The first-order valence-electron chi connectivity index (χ1n) is 9.34. The molecule has 0 spiro atoms. The molecule has 0 N–H and O–H groups in total. The van der Waals surface area contributed by atoms with Crippen molar-refractivity contribution in [2.24, 2.45) is 0 Å². The molecule has 1 aromatic carbocycles. The van der Waals surface area contributed by atoms with Gasteiger partial charge in [-0.1, -0.05) is 41.6 Å². The van der Waals surface area contributed by atoms with Crippen molar-refractivity contribution in [1.82, 2.24) is 24.1 Å². The molecule has 7 heteroatoms. The molecule has 0 unspecified atom stereocenters. The minimum absolute atomic E-state index is 0.580. The van der Waals surface area contributed by atoms with Crippen molar-refractivity contribution >= 4 is 17.4 Å². The zero-order valence-corrected chi connectivity index (χ0v) is 16.7. The lowest BCUT2D eigenvalue weighted by Crippen LogP contribution is -2.03. The number of thioether (sulfide) groups is 1. The Labute approximate surface area is 172 Å². The molecule has 0 bridgehead atoms. The molecule has 0 fully saturated rings. The van der Waals surface area contributed by atoms with Gasteiger partial charge in [0.15, 0.2) is 11.0 Å². The lowest BCUT2D eigenvalue weighted by atomic mass is 10.1. The summed E-state index contributed by atoms with van der Waals surface area (Å²) in [6.07, 6.45) is 5.75. The number of rotatable bonds is 6. The SMILES string of the molecule is Cc1cccc(-c2nnc(SCc3cn4ccccc4n3)n2Cc2ccco2)c1. The zero-order valence-electron chi connectivity index (χ0n) is 15.9. The fourth-order valence-corrected chi connectivity index (χ4v) is 4.11. The van der Waals surface area contributed by atoms with E-state index in [1.165, 1.54) is 5.56 Å². The van der Waals surface area contributed by atoms with E-state index in [9.17, 15) is 0 Å². The lowest BCUT2D eigenvalue weighted by molar-refractivity contribution is 0.485. The van der Waals surface area contributed by atoms with Gasteiger partial charge in [0.05, 0.1) is 18.5 Å². The molecule has 4 aromatic heterocycles. The molecule has 0 aliphatic heterocycles. The van der Waals surface area contributed by atoms with Crippen LogP contribution < -0.4 is 0 Å². The van der Waals surface area contributed by atoms with E-state index in [0.717, 1.165) is 33.6 Å². The van der Waals surface area contributed by atoms with Crippen LogP contribution in [0.3, 0.4) is 0 Å². The molecule has 0 atom stereocenters. The third-order valence-corrected chi connectivity index (χ3v) is 5.65. The minimum atomic E-state index is 0.580. The van der Waals surface area contributed by atoms with Crippen molar-refractivity contribution in [3.63, 3.8) is 0 Å². The van der Waals surface area contributed by atoms with E-state index in [1.54, 1.807) is 18.0 Å². The molecule has 4 heterocycles. The molecule has 0 saturated heterocycles. The van der Waals surface area contributed by atoms with Crippen LogP contribution in [0.5, 0.6) is 0 Å². The summed E-state index contributed by atoms with van der Waals surface area (Å²) in [5, 5.41) is 9.80. The first-order valence-corrected chi connectivity index (χ1v) is 10.3. The van der Waals surface area contributed by atoms with Crippen molar-refractivity contribution in [2.75, 3.05) is 0 Å². The Hall–Kier alpha value is -3.32. The predicted octanol–water partition coefficient (Wildman–Crippen LogP) is 4.83. The summed E-state index contributed by atoms with van der Waals surface area (Å²) in [7, 11) is 0. The number of furan rings is 1. The number of nitrogens with zero attached hydrogens (tertiary/aromatic N) is 5. The van der Waals surface area contributed by atoms with Crippen molar-refractivity contribution in [2.45, 2.75) is 24.4 Å². The van der Waals surface area contributed by atoms with Crippen LogP contribution in [0.25, 0.3) is 17.0 Å². The number of aryl methyl sites for hydroxylation is 1. The van der Waals surface area contributed by atoms with E-state index in [1.807, 2.05) is 47.0 Å². The second-order valence-corrected chi connectivity index (χ2v) is 7.77. The smallest absolute Gasteiger partial charge is 0.192 e. The minimum Gasteiger partial charge on any atom is -0.467 e. The molecule has 6 nitrogen and oxygen atoms in total. The molecular weight excluding hydrogens is 382 g/mol. The Kier molecular flexibility index (Phi) is 4.65. The Bertz CT molecular complexity index is 1220. The highest BCUT2D eigenvalue weighted by atomic mass is 32.2. The summed E-state index contributed by atoms with van der Waals surface area (Å²) in [5.74, 6) is 2.42. The van der Waals surface area contributed by atoms with Gasteiger partial charge in [0.25, 0.3) is 0 Å². The summed E-state index contributed by atoms with van der Waals surface area (Å²) in [5.41, 5.74) is 4.18. The van der Waals surface area contributed by atoms with Crippen LogP contribution in [0, 0.1) is 6.92 Å². The molecule has 0 saturated carbocycles. The average Bonchev–Trinajstić information content (AvgIpc) is 3.46. The number of aromatic nitrogens is 5. The van der Waals surface area contributed by atoms with E-state index in [2.05, 4.69) is 51.1 Å². The Morgan fingerprint density at radius 3 is 2.83 bits per heavy atom. The third-order valence-electron chi connectivity index (χ3n) is 4.65. The summed E-state index contributed by atoms with van der Waals surface area (Å²) >= 11 is 1.63. The predicted molar refractivity (Wildman–Crippen MR) is 113 cm³/mol. The number of hydrogen-bond donors (Lipinski definition) is 0. The normalized spacial score (nSPS) is 11.3. The highest BCUT2D eigenvalue weighted by molar-refractivity contribution is 7.98. The Morgan fingerprint density at radius 2 is 2.00 bits per heavy atom. The third kappa shape index (κ3) is 3.69. The lowest BCUT2D eigenvalue weighted by Gasteiger charge is -2.09. The van der Waals surface area contributed by atoms with Crippen LogP contribution in [0.2, 0.25) is 0 Å². The van der Waals surface area contributed by atoms with Crippen LogP contribution in [0.4, 0.5) is 0 Å². The molecule has 0 aliphatic carbocycles. The zero-order chi connectivity index (χ0) is 19.6. The summed E-state index contributed by atoms with van der Waals surface area (Å²) < 4.78 is 9.71. The number of fused-ring (bicyclic) bond motifs is 1. The highest BCUT2D eigenvalue weighted by Gasteiger charge is 2.16. The van der Waals surface area contributed by atoms with E-state index in [-0.39, 0.29) is 0 Å². The molecule has 0 radical (unpaired) electrons. The van der Waals surface area contributed by atoms with Crippen LogP contribution in [0.15, 0.2) is 82.8 Å². The van der Waals surface area contributed by atoms with Gasteiger partial charge < -0.3 is 8.82 Å². The molecule has 144 valence electrons. The topological polar surface area (TPSA) is 61.1 Å². The van der Waals surface area contributed by atoms with Gasteiger partial charge in [0, 0.05) is 23.7 Å². The van der Waals surface area contributed by atoms with Gasteiger partial charge in [0.2, 0.25) is 0 Å². The molecule has 5 aromatic rings. The van der Waals surface area contributed by atoms with Gasteiger partial charge >= 0.3 is 0 Å². The first kappa shape index (κ1) is 17.8. The first-order chi connectivity index (χ1) is 14.3. The maximum Gasteiger partial charge on any atom is 0.192 e. The number of benzene rings is 1. The standard InChI is InChI=1S/C22H19N5OS/c1-16-6-4-7-17(12-16)21-24-25-22(27(21)14-19-8-5-11-28-19)29-15-18-13-26-10-3-2-9-20(26)23-18/h2-13H,14-15H2,1H3. The van der Waals surface area contributed by atoms with Crippen molar-refractivity contribution < 1.29 is 4.42 Å². The number of pyridine rings is 1. The van der Waals surface area contributed by atoms with Crippen LogP contribution in [0.1, 0.15) is 17.0 Å². The van der Waals surface area contributed by atoms with E-state index in [4.69, 9.17) is 4.42 Å². The Morgan fingerprint density at radius 1 is 1.03 bits per heavy atom. The Balaban J connectivity index is 1.46. The van der Waals surface area contributed by atoms with Gasteiger partial charge in [-0.3, -0.25) is 4.57 Å². The maximum atomic E-state index is 5.58. The quantitative estimate of drug-likeness (QED) is 0.381. The number of hydrogen-bond acceptors (Lipinski definition) is 5. The van der Waals surface area contributed by atoms with Crippen molar-refractivity contribution in [3.05, 3.63) is 90.3 Å². The average molecular weight is 401 g/mol. The van der Waals surface area contributed by atoms with Gasteiger partial charge in [-0.15, -0.1) is 10.2 Å². The van der Waals surface area contributed by atoms with Gasteiger partial charge in [0.1, 0.15) is 11.4 Å². The monoisotopic (exact) mass is 401 g/mol. The maximum absolute atomic E-state index is 5.58. The summed E-state index contributed by atoms with van der Waals surface area (Å²) in [6.45, 7) is 2.66. The van der Waals surface area contributed by atoms with E-state index >= 15 is 0 Å². The van der Waals surface area contributed by atoms with Crippen LogP contribution in [-0.2, 0) is 12.3 Å². The van der Waals surface area contributed by atoms with E-state index < -0.39 is 0 Å². The number of imidazole rings is 1. The van der Waals surface area contributed by atoms with E-state index in [0.29, 0.717) is 12.3 Å². The van der Waals surface area contributed by atoms with Gasteiger partial charge in [-0.2, -0.15) is 0 Å². The highest BCUT2D eigenvalue weighted by Crippen LogP contribution is 2.28. The fourth-order valence-electron chi connectivity index (χ4n) is 3.29. The molecule has 5 rings (SSSR count). The largest absolute Gasteiger partial charge is 0.467 e. The molecule has 0 amide bonds. The molecular formula is C22H19N5OS. The summed E-state index contributed by atoms with van der Waals surface area (Å²) in [4.78, 5) is 4.68. The second kappa shape index (κ2) is 7.60. The summed E-state index contributed by atoms with van der Waals surface area (Å²) in [6, 6.07) is 18.2. The van der Waals surface area contributed by atoms with Crippen molar-refractivity contribution in [1.29, 1.82) is 0 Å².